The maximum atomic E-state index is 12.3. The third-order valence-electron chi connectivity index (χ3n) is 2.60. The number of anilines is 1. The van der Waals surface area contributed by atoms with E-state index in [9.17, 15) is 8.42 Å². The maximum Gasteiger partial charge on any atom is 0.261 e. The highest BCUT2D eigenvalue weighted by molar-refractivity contribution is 14.1. The Kier molecular flexibility index (Phi) is 5.43. The molecule has 0 spiro atoms. The van der Waals surface area contributed by atoms with Gasteiger partial charge in [0, 0.05) is 15.8 Å². The van der Waals surface area contributed by atoms with Crippen LogP contribution in [0.3, 0.4) is 0 Å². The lowest BCUT2D eigenvalue weighted by Crippen LogP contribution is -2.13. The van der Waals surface area contributed by atoms with Crippen LogP contribution >= 0.6 is 22.6 Å². The number of nitrogens with two attached hydrogens (primary N) is 1. The first kappa shape index (κ1) is 16.1. The zero-order valence-corrected chi connectivity index (χ0v) is 14.1. The first-order valence-electron chi connectivity index (χ1n) is 6.22. The summed E-state index contributed by atoms with van der Waals surface area (Å²) < 4.78 is 33.3. The fraction of sp³-hybridized carbons (Fsp3) is 0.143. The molecule has 5 nitrogen and oxygen atoms in total. The Morgan fingerprint density at radius 3 is 2.48 bits per heavy atom. The van der Waals surface area contributed by atoms with Crippen molar-refractivity contribution in [3.8, 4) is 5.75 Å². The van der Waals surface area contributed by atoms with Crippen LogP contribution in [0.25, 0.3) is 0 Å². The summed E-state index contributed by atoms with van der Waals surface area (Å²) in [5, 5.41) is 0. The summed E-state index contributed by atoms with van der Waals surface area (Å²) >= 11 is 2.13. The van der Waals surface area contributed by atoms with Crippen molar-refractivity contribution in [2.24, 2.45) is 5.73 Å². The lowest BCUT2D eigenvalue weighted by atomic mass is 10.3. The van der Waals surface area contributed by atoms with Crippen LogP contribution in [0.2, 0.25) is 0 Å². The van der Waals surface area contributed by atoms with E-state index >= 15 is 0 Å². The number of halogens is 1. The van der Waals surface area contributed by atoms with E-state index in [0.717, 1.165) is 3.57 Å². The summed E-state index contributed by atoms with van der Waals surface area (Å²) in [5.74, 6) is 0.591. The second-order valence-corrected chi connectivity index (χ2v) is 7.15. The molecule has 112 valence electrons. The van der Waals surface area contributed by atoms with Crippen molar-refractivity contribution in [1.29, 1.82) is 0 Å². The van der Waals surface area contributed by atoms with Crippen LogP contribution in [0.4, 0.5) is 5.69 Å². The molecule has 7 heteroatoms. The van der Waals surface area contributed by atoms with E-state index in [1.54, 1.807) is 30.3 Å². The molecule has 0 bridgehead atoms. The molecule has 0 saturated heterocycles. The summed E-state index contributed by atoms with van der Waals surface area (Å²) in [6, 6.07) is 13.4. The van der Waals surface area contributed by atoms with Crippen molar-refractivity contribution >= 4 is 38.3 Å². The summed E-state index contributed by atoms with van der Waals surface area (Å²) in [6.45, 7) is 0.807. The van der Waals surface area contributed by atoms with Gasteiger partial charge in [0.05, 0.1) is 4.90 Å². The van der Waals surface area contributed by atoms with E-state index < -0.39 is 10.0 Å². The quantitative estimate of drug-likeness (QED) is 0.707. The lowest BCUT2D eigenvalue weighted by Gasteiger charge is -2.09. The summed E-state index contributed by atoms with van der Waals surface area (Å²) in [5.41, 5.74) is 5.87. The number of hydrogen-bond acceptors (Lipinski definition) is 4. The fourth-order valence-corrected chi connectivity index (χ4v) is 3.25. The van der Waals surface area contributed by atoms with Gasteiger partial charge in [-0.25, -0.2) is 8.42 Å². The number of nitrogens with one attached hydrogen (secondary N) is 1. The Labute approximate surface area is 137 Å². The van der Waals surface area contributed by atoms with Crippen molar-refractivity contribution in [3.05, 3.63) is 52.1 Å². The summed E-state index contributed by atoms with van der Waals surface area (Å²) in [6.07, 6.45) is 0. The van der Waals surface area contributed by atoms with Gasteiger partial charge in [0.15, 0.2) is 0 Å². The number of sulfonamides is 1. The van der Waals surface area contributed by atoms with E-state index in [1.165, 1.54) is 12.1 Å². The van der Waals surface area contributed by atoms with Crippen molar-refractivity contribution in [2.45, 2.75) is 4.90 Å². The van der Waals surface area contributed by atoms with Gasteiger partial charge in [-0.05, 0) is 65.1 Å². The highest BCUT2D eigenvalue weighted by Crippen LogP contribution is 2.20. The van der Waals surface area contributed by atoms with Gasteiger partial charge in [-0.15, -0.1) is 0 Å². The van der Waals surface area contributed by atoms with Crippen LogP contribution in [0, 0.1) is 3.57 Å². The molecular weight excluding hydrogens is 403 g/mol. The van der Waals surface area contributed by atoms with Gasteiger partial charge < -0.3 is 10.5 Å². The minimum Gasteiger partial charge on any atom is -0.492 e. The molecule has 0 fully saturated rings. The highest BCUT2D eigenvalue weighted by atomic mass is 127. The van der Waals surface area contributed by atoms with Crippen molar-refractivity contribution in [1.82, 2.24) is 0 Å². The molecule has 2 rings (SSSR count). The Hall–Kier alpha value is -1.32. The average Bonchev–Trinajstić information content (AvgIpc) is 2.45. The first-order chi connectivity index (χ1) is 10.0. The molecule has 0 aliphatic heterocycles. The van der Waals surface area contributed by atoms with Crippen LogP contribution in [0.5, 0.6) is 5.75 Å². The topological polar surface area (TPSA) is 81.4 Å². The molecule has 0 aliphatic rings. The fourth-order valence-electron chi connectivity index (χ4n) is 1.66. The van der Waals surface area contributed by atoms with Crippen LogP contribution < -0.4 is 15.2 Å². The second kappa shape index (κ2) is 7.10. The van der Waals surface area contributed by atoms with Crippen LogP contribution in [0.1, 0.15) is 0 Å². The average molecular weight is 418 g/mol. The standard InChI is InChI=1S/C14H15IN2O3S/c15-11-2-1-3-12(10-11)17-21(18,19)14-6-4-13(5-7-14)20-9-8-16/h1-7,10,17H,8-9,16H2. The monoisotopic (exact) mass is 418 g/mol. The normalized spacial score (nSPS) is 11.1. The Balaban J connectivity index is 2.15. The largest absolute Gasteiger partial charge is 0.492 e. The van der Waals surface area contributed by atoms with Crippen LogP contribution in [0.15, 0.2) is 53.4 Å². The van der Waals surface area contributed by atoms with Gasteiger partial charge >= 0.3 is 0 Å². The summed E-state index contributed by atoms with van der Waals surface area (Å²) in [7, 11) is -3.60. The Morgan fingerprint density at radius 1 is 1.14 bits per heavy atom. The Bertz CT molecular complexity index is 702. The lowest BCUT2D eigenvalue weighted by molar-refractivity contribution is 0.328. The predicted octanol–water partition coefficient (Wildman–Crippen LogP) is 2.43. The third kappa shape index (κ3) is 4.58. The van der Waals surface area contributed by atoms with E-state index in [0.29, 0.717) is 24.6 Å². The molecular formula is C14H15IN2O3S. The molecule has 0 amide bonds. The highest BCUT2D eigenvalue weighted by Gasteiger charge is 2.14. The number of hydrogen-bond donors (Lipinski definition) is 2. The maximum absolute atomic E-state index is 12.3. The smallest absolute Gasteiger partial charge is 0.261 e. The van der Waals surface area contributed by atoms with E-state index in [4.69, 9.17) is 10.5 Å². The SMILES string of the molecule is NCCOc1ccc(S(=O)(=O)Nc2cccc(I)c2)cc1. The van der Waals surface area contributed by atoms with Gasteiger partial charge in [-0.2, -0.15) is 0 Å². The molecule has 2 aromatic carbocycles. The molecule has 21 heavy (non-hydrogen) atoms. The van der Waals surface area contributed by atoms with Gasteiger partial charge in [0.2, 0.25) is 0 Å². The first-order valence-corrected chi connectivity index (χ1v) is 8.79. The minimum absolute atomic E-state index is 0.182. The molecule has 3 N–H and O–H groups in total. The number of ether oxygens (including phenoxy) is 1. The van der Waals surface area contributed by atoms with Gasteiger partial charge in [-0.1, -0.05) is 6.07 Å². The van der Waals surface area contributed by atoms with Crippen molar-refractivity contribution in [2.75, 3.05) is 17.9 Å². The zero-order chi connectivity index (χ0) is 15.3. The number of rotatable bonds is 6. The van der Waals surface area contributed by atoms with Gasteiger partial charge in [0.25, 0.3) is 10.0 Å². The van der Waals surface area contributed by atoms with Crippen LogP contribution in [-0.2, 0) is 10.0 Å². The molecule has 0 saturated carbocycles. The number of benzene rings is 2. The van der Waals surface area contributed by atoms with E-state index in [2.05, 4.69) is 27.3 Å². The molecule has 0 heterocycles. The second-order valence-electron chi connectivity index (χ2n) is 4.22. The molecule has 0 unspecified atom stereocenters. The molecule has 2 aromatic rings. The molecule has 0 atom stereocenters. The van der Waals surface area contributed by atoms with Crippen molar-refractivity contribution in [3.63, 3.8) is 0 Å². The molecule has 0 aliphatic carbocycles. The van der Waals surface area contributed by atoms with Gasteiger partial charge in [-0.3, -0.25) is 4.72 Å². The summed E-state index contributed by atoms with van der Waals surface area (Å²) in [4.78, 5) is 0.182. The molecule has 0 radical (unpaired) electrons. The van der Waals surface area contributed by atoms with Crippen LogP contribution in [-0.4, -0.2) is 21.6 Å². The zero-order valence-electron chi connectivity index (χ0n) is 11.1. The predicted molar refractivity (Wildman–Crippen MR) is 91.0 cm³/mol. The van der Waals surface area contributed by atoms with E-state index in [1.807, 2.05) is 6.07 Å². The van der Waals surface area contributed by atoms with E-state index in [-0.39, 0.29) is 4.90 Å². The van der Waals surface area contributed by atoms with Crippen molar-refractivity contribution < 1.29 is 13.2 Å². The van der Waals surface area contributed by atoms with Gasteiger partial charge in [0.1, 0.15) is 12.4 Å². The Morgan fingerprint density at radius 2 is 1.86 bits per heavy atom. The molecule has 0 aromatic heterocycles. The minimum atomic E-state index is -3.60. The third-order valence-corrected chi connectivity index (χ3v) is 4.67.